The molecule has 1 unspecified atom stereocenters. The van der Waals surface area contributed by atoms with Gasteiger partial charge in [0.2, 0.25) is 0 Å². The van der Waals surface area contributed by atoms with Gasteiger partial charge in [0, 0.05) is 21.3 Å². The van der Waals surface area contributed by atoms with Crippen molar-refractivity contribution in [3.05, 3.63) is 58.1 Å². The van der Waals surface area contributed by atoms with Crippen LogP contribution in [0.3, 0.4) is 0 Å². The molecular formula is C15H13BrN2OS. The zero-order chi connectivity index (χ0) is 14.1. The van der Waals surface area contributed by atoms with Crippen LogP contribution >= 0.6 is 28.1 Å². The summed E-state index contributed by atoms with van der Waals surface area (Å²) in [7, 11) is 0. The van der Waals surface area contributed by atoms with Crippen LogP contribution in [0.15, 0.2) is 46.9 Å². The summed E-state index contributed by atoms with van der Waals surface area (Å²) >= 11 is 8.55. The molecule has 0 fully saturated rings. The normalized spacial score (nSPS) is 16.4. The molecule has 1 aliphatic heterocycles. The van der Waals surface area contributed by atoms with E-state index >= 15 is 0 Å². The van der Waals surface area contributed by atoms with E-state index in [9.17, 15) is 0 Å². The quantitative estimate of drug-likeness (QED) is 0.831. The molecule has 0 saturated heterocycles. The number of rotatable bonds is 3. The number of nitrogens with one attached hydrogen (secondary N) is 1. The monoisotopic (exact) mass is 348 g/mol. The van der Waals surface area contributed by atoms with Gasteiger partial charge in [-0.1, -0.05) is 46.3 Å². The highest BCUT2D eigenvalue weighted by atomic mass is 79.9. The lowest BCUT2D eigenvalue weighted by atomic mass is 10.1. The van der Waals surface area contributed by atoms with Crippen LogP contribution < -0.4 is 15.8 Å². The third kappa shape index (κ3) is 2.51. The molecule has 3 N–H and O–H groups in total. The van der Waals surface area contributed by atoms with Crippen LogP contribution in [0.1, 0.15) is 17.2 Å². The fraction of sp³-hybridized carbons (Fsp3) is 0.133. The molecule has 0 bridgehead atoms. The number of thiocarbonyl (C=S) groups is 1. The molecule has 2 aromatic rings. The fourth-order valence-electron chi connectivity index (χ4n) is 2.32. The van der Waals surface area contributed by atoms with E-state index in [2.05, 4.69) is 27.3 Å². The summed E-state index contributed by atoms with van der Waals surface area (Å²) in [6.07, 6.45) is 0. The number of fused-ring (bicyclic) bond motifs is 1. The lowest BCUT2D eigenvalue weighted by Gasteiger charge is -2.16. The molecule has 2 aromatic carbocycles. The van der Waals surface area contributed by atoms with Crippen molar-refractivity contribution in [2.24, 2.45) is 5.73 Å². The maximum atomic E-state index is 5.79. The SMILES string of the molecule is NC(=S)c1cc(Br)ccc1NC1COc2ccccc21. The van der Waals surface area contributed by atoms with Gasteiger partial charge in [-0.3, -0.25) is 0 Å². The van der Waals surface area contributed by atoms with Gasteiger partial charge in [0.05, 0.1) is 6.04 Å². The Kier molecular flexibility index (Phi) is 3.63. The van der Waals surface area contributed by atoms with Crippen LogP contribution in [-0.2, 0) is 0 Å². The second-order valence-corrected chi connectivity index (χ2v) is 5.96. The number of benzene rings is 2. The Morgan fingerprint density at radius 2 is 2.10 bits per heavy atom. The number of hydrogen-bond acceptors (Lipinski definition) is 3. The second-order valence-electron chi connectivity index (χ2n) is 4.60. The van der Waals surface area contributed by atoms with Crippen LogP contribution in [0.5, 0.6) is 5.75 Å². The smallest absolute Gasteiger partial charge is 0.124 e. The molecule has 1 heterocycles. The first-order valence-corrected chi connectivity index (χ1v) is 7.43. The third-order valence-corrected chi connectivity index (χ3v) is 3.99. The van der Waals surface area contributed by atoms with Crippen molar-refractivity contribution in [2.75, 3.05) is 11.9 Å². The fourth-order valence-corrected chi connectivity index (χ4v) is 2.85. The van der Waals surface area contributed by atoms with E-state index in [0.29, 0.717) is 11.6 Å². The van der Waals surface area contributed by atoms with E-state index < -0.39 is 0 Å². The van der Waals surface area contributed by atoms with Gasteiger partial charge in [-0.05, 0) is 24.3 Å². The van der Waals surface area contributed by atoms with Gasteiger partial charge in [0.1, 0.15) is 17.3 Å². The summed E-state index contributed by atoms with van der Waals surface area (Å²) in [5.74, 6) is 0.930. The Hall–Kier alpha value is -1.59. The number of halogens is 1. The van der Waals surface area contributed by atoms with Gasteiger partial charge >= 0.3 is 0 Å². The standard InChI is InChI=1S/C15H13BrN2OS/c16-9-5-6-12(11(7-9)15(17)20)18-13-8-19-14-4-2-1-3-10(13)14/h1-7,13,18H,8H2,(H2,17,20). The molecule has 3 nitrogen and oxygen atoms in total. The predicted molar refractivity (Wildman–Crippen MR) is 88.3 cm³/mol. The van der Waals surface area contributed by atoms with Crippen molar-refractivity contribution in [2.45, 2.75) is 6.04 Å². The molecule has 0 saturated carbocycles. The highest BCUT2D eigenvalue weighted by Gasteiger charge is 2.24. The van der Waals surface area contributed by atoms with Crippen molar-refractivity contribution < 1.29 is 4.74 Å². The first kappa shape index (κ1) is 13.4. The molecule has 0 amide bonds. The lowest BCUT2D eigenvalue weighted by molar-refractivity contribution is 0.340. The predicted octanol–water partition coefficient (Wildman–Crippen LogP) is 3.63. The molecule has 0 aliphatic carbocycles. The summed E-state index contributed by atoms with van der Waals surface area (Å²) in [6.45, 7) is 0.603. The van der Waals surface area contributed by atoms with Crippen LogP contribution in [0, 0.1) is 0 Å². The first-order chi connectivity index (χ1) is 9.65. The minimum Gasteiger partial charge on any atom is -0.491 e. The number of ether oxygens (including phenoxy) is 1. The van der Waals surface area contributed by atoms with Gasteiger partial charge in [0.25, 0.3) is 0 Å². The third-order valence-electron chi connectivity index (χ3n) is 3.28. The Morgan fingerprint density at radius 1 is 1.30 bits per heavy atom. The van der Waals surface area contributed by atoms with Crippen LogP contribution in [0.25, 0.3) is 0 Å². The highest BCUT2D eigenvalue weighted by Crippen LogP contribution is 2.35. The number of para-hydroxylation sites is 1. The van der Waals surface area contributed by atoms with E-state index in [4.69, 9.17) is 22.7 Å². The minimum atomic E-state index is 0.112. The summed E-state index contributed by atoms with van der Waals surface area (Å²) < 4.78 is 6.62. The number of nitrogens with two attached hydrogens (primary N) is 1. The molecule has 0 spiro atoms. The lowest BCUT2D eigenvalue weighted by Crippen LogP contribution is -2.17. The molecular weight excluding hydrogens is 336 g/mol. The van der Waals surface area contributed by atoms with E-state index in [1.807, 2.05) is 36.4 Å². The van der Waals surface area contributed by atoms with E-state index in [-0.39, 0.29) is 6.04 Å². The Bertz CT molecular complexity index is 675. The van der Waals surface area contributed by atoms with Gasteiger partial charge in [-0.25, -0.2) is 0 Å². The van der Waals surface area contributed by atoms with Crippen molar-refractivity contribution in [3.63, 3.8) is 0 Å². The van der Waals surface area contributed by atoms with Gasteiger partial charge in [-0.15, -0.1) is 0 Å². The highest BCUT2D eigenvalue weighted by molar-refractivity contribution is 9.10. The van der Waals surface area contributed by atoms with E-state index in [0.717, 1.165) is 27.0 Å². The molecule has 1 aliphatic rings. The van der Waals surface area contributed by atoms with Crippen molar-refractivity contribution in [1.82, 2.24) is 0 Å². The van der Waals surface area contributed by atoms with Gasteiger partial charge < -0.3 is 15.8 Å². The van der Waals surface area contributed by atoms with Crippen molar-refractivity contribution in [1.29, 1.82) is 0 Å². The summed E-state index contributed by atoms with van der Waals surface area (Å²) in [5, 5.41) is 3.46. The van der Waals surface area contributed by atoms with Gasteiger partial charge in [-0.2, -0.15) is 0 Å². The average Bonchev–Trinajstić information content (AvgIpc) is 2.84. The zero-order valence-corrected chi connectivity index (χ0v) is 13.0. The maximum absolute atomic E-state index is 5.79. The van der Waals surface area contributed by atoms with Crippen molar-refractivity contribution >= 4 is 38.8 Å². The number of anilines is 1. The summed E-state index contributed by atoms with van der Waals surface area (Å²) in [4.78, 5) is 0.376. The maximum Gasteiger partial charge on any atom is 0.124 e. The molecule has 20 heavy (non-hydrogen) atoms. The molecule has 3 rings (SSSR count). The second kappa shape index (κ2) is 5.42. The topological polar surface area (TPSA) is 47.3 Å². The zero-order valence-electron chi connectivity index (χ0n) is 10.6. The summed E-state index contributed by atoms with van der Waals surface area (Å²) in [5.41, 5.74) is 8.70. The molecule has 102 valence electrons. The molecule has 1 atom stereocenters. The first-order valence-electron chi connectivity index (χ1n) is 6.23. The van der Waals surface area contributed by atoms with Crippen LogP contribution in [0.2, 0.25) is 0 Å². The Morgan fingerprint density at radius 3 is 2.90 bits per heavy atom. The Labute approximate surface area is 131 Å². The molecule has 5 heteroatoms. The average molecular weight is 349 g/mol. The van der Waals surface area contributed by atoms with Crippen LogP contribution in [0.4, 0.5) is 5.69 Å². The summed E-state index contributed by atoms with van der Waals surface area (Å²) in [6, 6.07) is 14.0. The van der Waals surface area contributed by atoms with Gasteiger partial charge in [0.15, 0.2) is 0 Å². The van der Waals surface area contributed by atoms with E-state index in [1.54, 1.807) is 0 Å². The number of hydrogen-bond donors (Lipinski definition) is 2. The molecule has 0 radical (unpaired) electrons. The van der Waals surface area contributed by atoms with Crippen molar-refractivity contribution in [3.8, 4) is 5.75 Å². The Balaban J connectivity index is 1.92. The minimum absolute atomic E-state index is 0.112. The largest absolute Gasteiger partial charge is 0.491 e. The van der Waals surface area contributed by atoms with Crippen LogP contribution in [-0.4, -0.2) is 11.6 Å². The van der Waals surface area contributed by atoms with E-state index in [1.165, 1.54) is 0 Å². The molecule has 0 aromatic heterocycles.